The number of amides is 3. The first kappa shape index (κ1) is 30.3. The molecule has 0 bridgehead atoms. The number of hydrogen-bond acceptors (Lipinski definition) is 7. The van der Waals surface area contributed by atoms with Crippen LogP contribution < -0.4 is 0 Å². The van der Waals surface area contributed by atoms with Crippen LogP contribution in [0.4, 0.5) is 4.79 Å². The summed E-state index contributed by atoms with van der Waals surface area (Å²) >= 11 is 5.67. The van der Waals surface area contributed by atoms with E-state index in [4.69, 9.17) is 28.0 Å². The van der Waals surface area contributed by atoms with Gasteiger partial charge in [0, 0.05) is 19.8 Å². The summed E-state index contributed by atoms with van der Waals surface area (Å²) in [5.74, 6) is 2.09. The van der Waals surface area contributed by atoms with Crippen molar-refractivity contribution >= 4 is 35.3 Å². The average molecular weight is 541 g/mol. The number of hydrogen-bond donors (Lipinski definition) is 0. The predicted octanol–water partition coefficient (Wildman–Crippen LogP) is 3.69. The number of halogens is 1. The van der Waals surface area contributed by atoms with Gasteiger partial charge < -0.3 is 14.5 Å². The molecule has 2 atom stereocenters. The SMILES string of the molecule is C#CCN1CC(=O)N(COC(=O)C2C(C=C(C)C)C2(C)C)C1=O.CC(=NC#N)N(C)Cc1ccc(Cl)nc1. The highest BCUT2D eigenvalue weighted by molar-refractivity contribution is 6.29. The number of allylic oxidation sites excluding steroid dienone is 2. The highest BCUT2D eigenvalue weighted by atomic mass is 35.5. The molecule has 10 nitrogen and oxygen atoms in total. The van der Waals surface area contributed by atoms with Crippen LogP contribution in [0.1, 0.15) is 40.2 Å². The predicted molar refractivity (Wildman–Crippen MR) is 143 cm³/mol. The van der Waals surface area contributed by atoms with Crippen molar-refractivity contribution in [3.8, 4) is 18.5 Å². The number of pyridine rings is 1. The normalized spacial score (nSPS) is 19.6. The van der Waals surface area contributed by atoms with Gasteiger partial charge in [0.15, 0.2) is 6.73 Å². The van der Waals surface area contributed by atoms with E-state index in [1.165, 1.54) is 4.90 Å². The lowest BCUT2D eigenvalue weighted by molar-refractivity contribution is -0.151. The molecule has 0 radical (unpaired) electrons. The van der Waals surface area contributed by atoms with E-state index >= 15 is 0 Å². The zero-order chi connectivity index (χ0) is 28.6. The molecule has 38 heavy (non-hydrogen) atoms. The van der Waals surface area contributed by atoms with E-state index in [1.807, 2.05) is 45.7 Å². The summed E-state index contributed by atoms with van der Waals surface area (Å²) in [5, 5.41) is 8.87. The second-order valence-corrected chi connectivity index (χ2v) is 10.3. The summed E-state index contributed by atoms with van der Waals surface area (Å²) in [6, 6.07) is 3.11. The molecule has 2 aliphatic rings. The molecule has 2 fully saturated rings. The molecule has 3 amide bonds. The molecule has 3 rings (SSSR count). The molecule has 1 aliphatic carbocycles. The number of aromatic nitrogens is 1. The number of amidine groups is 1. The molecule has 1 aliphatic heterocycles. The van der Waals surface area contributed by atoms with Crippen molar-refractivity contribution in [3.63, 3.8) is 0 Å². The lowest BCUT2D eigenvalue weighted by atomic mass is 10.1. The summed E-state index contributed by atoms with van der Waals surface area (Å²) in [4.78, 5) is 47.7. The van der Waals surface area contributed by atoms with Gasteiger partial charge in [0.25, 0.3) is 5.91 Å². The van der Waals surface area contributed by atoms with Gasteiger partial charge in [0.1, 0.15) is 17.5 Å². The lowest BCUT2D eigenvalue weighted by Crippen LogP contribution is -2.36. The van der Waals surface area contributed by atoms with Gasteiger partial charge in [-0.25, -0.2) is 14.7 Å². The minimum absolute atomic E-state index is 0.0628. The number of rotatable bonds is 7. The van der Waals surface area contributed by atoms with Crippen LogP contribution in [0.25, 0.3) is 0 Å². The fourth-order valence-corrected chi connectivity index (χ4v) is 4.13. The quantitative estimate of drug-likeness (QED) is 0.0756. The Morgan fingerprint density at radius 2 is 2.05 bits per heavy atom. The zero-order valence-electron chi connectivity index (χ0n) is 22.6. The number of carbonyl (C=O) groups excluding carboxylic acids is 3. The molecule has 1 aromatic heterocycles. The molecule has 0 aromatic carbocycles. The van der Waals surface area contributed by atoms with Crippen LogP contribution in [0, 0.1) is 41.0 Å². The lowest BCUT2D eigenvalue weighted by Gasteiger charge is -2.17. The first-order valence-electron chi connectivity index (χ1n) is 11.9. The van der Waals surface area contributed by atoms with Crippen LogP contribution in [0.2, 0.25) is 5.15 Å². The highest BCUT2D eigenvalue weighted by Crippen LogP contribution is 2.59. The van der Waals surface area contributed by atoms with Crippen molar-refractivity contribution in [1.29, 1.82) is 5.26 Å². The van der Waals surface area contributed by atoms with E-state index in [0.29, 0.717) is 17.5 Å². The van der Waals surface area contributed by atoms with Crippen LogP contribution in [0.5, 0.6) is 0 Å². The van der Waals surface area contributed by atoms with E-state index in [-0.39, 0.29) is 43.0 Å². The van der Waals surface area contributed by atoms with Crippen molar-refractivity contribution in [2.75, 3.05) is 26.9 Å². The minimum Gasteiger partial charge on any atom is -0.443 e. The molecule has 1 saturated heterocycles. The number of nitrogens with zero attached hydrogens (tertiary/aromatic N) is 6. The Labute approximate surface area is 228 Å². The molecule has 1 saturated carbocycles. The van der Waals surface area contributed by atoms with E-state index < -0.39 is 11.9 Å². The second kappa shape index (κ2) is 13.1. The molecular weight excluding hydrogens is 508 g/mol. The van der Waals surface area contributed by atoms with Gasteiger partial charge in [0.05, 0.1) is 12.5 Å². The smallest absolute Gasteiger partial charge is 0.330 e. The van der Waals surface area contributed by atoms with Gasteiger partial charge in [-0.15, -0.1) is 6.42 Å². The fraction of sp³-hybridized carbons (Fsp3) is 0.481. The third-order valence-corrected chi connectivity index (χ3v) is 6.62. The first-order valence-corrected chi connectivity index (χ1v) is 12.3. The third kappa shape index (κ3) is 7.80. The Kier molecular flexibility index (Phi) is 10.4. The van der Waals surface area contributed by atoms with E-state index in [2.05, 4.69) is 22.0 Å². The van der Waals surface area contributed by atoms with Gasteiger partial charge in [0.2, 0.25) is 6.19 Å². The number of imide groups is 1. The maximum absolute atomic E-state index is 12.2. The number of ether oxygens (including phenoxy) is 1. The molecule has 2 unspecified atom stereocenters. The second-order valence-electron chi connectivity index (χ2n) is 9.93. The van der Waals surface area contributed by atoms with Crippen molar-refractivity contribution in [3.05, 3.63) is 40.7 Å². The Morgan fingerprint density at radius 1 is 1.37 bits per heavy atom. The highest BCUT2D eigenvalue weighted by Gasteiger charge is 2.61. The van der Waals surface area contributed by atoms with Crippen molar-refractivity contribution < 1.29 is 19.1 Å². The number of aliphatic imine (C=N–C) groups is 1. The van der Waals surface area contributed by atoms with E-state index in [9.17, 15) is 14.4 Å². The van der Waals surface area contributed by atoms with Crippen molar-refractivity contribution in [2.45, 2.75) is 41.2 Å². The Balaban J connectivity index is 0.000000293. The van der Waals surface area contributed by atoms with Gasteiger partial charge >= 0.3 is 12.0 Å². The molecule has 11 heteroatoms. The third-order valence-electron chi connectivity index (χ3n) is 6.40. The first-order chi connectivity index (χ1) is 17.8. The Hall–Kier alpha value is -3.89. The van der Waals surface area contributed by atoms with Crippen LogP contribution in [-0.4, -0.2) is 70.3 Å². The topological polar surface area (TPSA) is 119 Å². The summed E-state index contributed by atoms with van der Waals surface area (Å²) in [5.41, 5.74) is 2.01. The number of esters is 1. The maximum Gasteiger partial charge on any atom is 0.330 e. The average Bonchev–Trinajstić information content (AvgIpc) is 3.26. The van der Waals surface area contributed by atoms with Gasteiger partial charge in [-0.3, -0.25) is 9.59 Å². The van der Waals surface area contributed by atoms with Crippen LogP contribution in [-0.2, 0) is 20.9 Å². The molecule has 2 heterocycles. The number of terminal acetylenes is 1. The Morgan fingerprint density at radius 3 is 2.61 bits per heavy atom. The maximum atomic E-state index is 12.2. The Bertz CT molecular complexity index is 1190. The summed E-state index contributed by atoms with van der Waals surface area (Å²) in [6.45, 7) is 10.0. The number of nitriles is 1. The summed E-state index contributed by atoms with van der Waals surface area (Å²) in [7, 11) is 1.87. The molecule has 0 N–H and O–H groups in total. The number of carbonyl (C=O) groups is 3. The minimum atomic E-state index is -0.517. The standard InChI is InChI=1S/C17H22N2O4.C10H11ClN4/c1-6-7-18-9-13(20)19(16(18)22)10-23-15(21)14-12(8-11(2)3)17(14,4)5;1-8(14-7-12)15(2)6-9-3-4-10(11)13-5-9/h1,8,12,14H,7,9-10H2,2-5H3;3-5H,6H2,1-2H3. The monoisotopic (exact) mass is 540 g/mol. The summed E-state index contributed by atoms with van der Waals surface area (Å²) < 4.78 is 5.20. The van der Waals surface area contributed by atoms with Gasteiger partial charge in [-0.1, -0.05) is 49.1 Å². The fourth-order valence-electron chi connectivity index (χ4n) is 4.02. The van der Waals surface area contributed by atoms with E-state index in [0.717, 1.165) is 16.0 Å². The van der Waals surface area contributed by atoms with Crippen LogP contribution in [0.15, 0.2) is 35.0 Å². The molecule has 1 aromatic rings. The molecular formula is C27H33ClN6O4. The largest absolute Gasteiger partial charge is 0.443 e. The van der Waals surface area contributed by atoms with Crippen LogP contribution >= 0.6 is 11.6 Å². The number of urea groups is 1. The molecule has 0 spiro atoms. The molecule has 202 valence electrons. The van der Waals surface area contributed by atoms with E-state index in [1.54, 1.807) is 25.4 Å². The zero-order valence-corrected chi connectivity index (χ0v) is 23.3. The summed E-state index contributed by atoms with van der Waals surface area (Å²) in [6.07, 6.45) is 10.7. The van der Waals surface area contributed by atoms with Gasteiger partial charge in [-0.05, 0) is 43.7 Å². The van der Waals surface area contributed by atoms with Crippen molar-refractivity contribution in [1.82, 2.24) is 19.7 Å². The van der Waals surface area contributed by atoms with Crippen LogP contribution in [0.3, 0.4) is 0 Å². The van der Waals surface area contributed by atoms with Gasteiger partial charge in [-0.2, -0.15) is 10.3 Å². The van der Waals surface area contributed by atoms with Crippen molar-refractivity contribution in [2.24, 2.45) is 22.2 Å².